The Labute approximate surface area is 175 Å². The molecule has 1 aromatic rings. The van der Waals surface area contributed by atoms with Gasteiger partial charge in [-0.25, -0.2) is 4.99 Å². The fourth-order valence-electron chi connectivity index (χ4n) is 2.92. The smallest absolute Gasteiger partial charge is 0.191 e. The third kappa shape index (κ3) is 7.67. The highest BCUT2D eigenvalue weighted by molar-refractivity contribution is 14.0. The van der Waals surface area contributed by atoms with E-state index >= 15 is 0 Å². The lowest BCUT2D eigenvalue weighted by molar-refractivity contribution is 0.120. The van der Waals surface area contributed by atoms with E-state index in [0.717, 1.165) is 56.5 Å². The number of benzene rings is 1. The molecule has 2 N–H and O–H groups in total. The lowest BCUT2D eigenvalue weighted by Gasteiger charge is -2.36. The quantitative estimate of drug-likeness (QED) is 0.359. The molecule has 1 aliphatic heterocycles. The molecule has 0 amide bonds. The fourth-order valence-corrected chi connectivity index (χ4v) is 2.92. The number of hydrogen-bond acceptors (Lipinski definition) is 4. The predicted molar refractivity (Wildman–Crippen MR) is 120 cm³/mol. The van der Waals surface area contributed by atoms with Crippen LogP contribution in [-0.4, -0.2) is 75.2 Å². The van der Waals surface area contributed by atoms with Crippen LogP contribution >= 0.6 is 24.0 Å². The Morgan fingerprint density at radius 3 is 2.62 bits per heavy atom. The summed E-state index contributed by atoms with van der Waals surface area (Å²) in [6.07, 6.45) is 0. The van der Waals surface area contributed by atoms with Crippen LogP contribution in [0.4, 0.5) is 0 Å². The summed E-state index contributed by atoms with van der Waals surface area (Å²) in [5.74, 6) is 1.74. The van der Waals surface area contributed by atoms with Crippen LogP contribution in [0.3, 0.4) is 0 Å². The number of ether oxygens (including phenoxy) is 1. The zero-order valence-electron chi connectivity index (χ0n) is 16.5. The van der Waals surface area contributed by atoms with Crippen molar-refractivity contribution >= 4 is 29.9 Å². The number of nitrogens with zero attached hydrogens (tertiary/aromatic N) is 3. The lowest BCUT2D eigenvalue weighted by atomic mass is 10.2. The minimum Gasteiger partial charge on any atom is -0.497 e. The van der Waals surface area contributed by atoms with Crippen molar-refractivity contribution in [2.45, 2.75) is 26.4 Å². The van der Waals surface area contributed by atoms with Gasteiger partial charge in [-0.2, -0.15) is 0 Å². The Hall–Kier alpha value is -1.06. The Balaban J connectivity index is 0.00000338. The van der Waals surface area contributed by atoms with Gasteiger partial charge in [-0.1, -0.05) is 12.1 Å². The second-order valence-electron chi connectivity index (χ2n) is 6.62. The van der Waals surface area contributed by atoms with Crippen molar-refractivity contribution in [3.63, 3.8) is 0 Å². The van der Waals surface area contributed by atoms with Gasteiger partial charge >= 0.3 is 0 Å². The molecule has 0 bridgehead atoms. The molecule has 148 valence electrons. The highest BCUT2D eigenvalue weighted by atomic mass is 127. The molecule has 2 rings (SSSR count). The van der Waals surface area contributed by atoms with Crippen LogP contribution in [0.2, 0.25) is 0 Å². The van der Waals surface area contributed by atoms with Crippen molar-refractivity contribution in [1.29, 1.82) is 0 Å². The average Bonchev–Trinajstić information content (AvgIpc) is 2.64. The van der Waals surface area contributed by atoms with Crippen molar-refractivity contribution in [3.05, 3.63) is 29.8 Å². The third-order valence-electron chi connectivity index (χ3n) is 4.62. The first-order valence-corrected chi connectivity index (χ1v) is 9.20. The van der Waals surface area contributed by atoms with Crippen LogP contribution in [0.15, 0.2) is 29.3 Å². The number of nitrogens with one attached hydrogen (secondary N) is 2. The Morgan fingerprint density at radius 1 is 1.23 bits per heavy atom. The number of rotatable bonds is 7. The summed E-state index contributed by atoms with van der Waals surface area (Å²) < 4.78 is 5.27. The van der Waals surface area contributed by atoms with Gasteiger partial charge in [-0.3, -0.25) is 4.90 Å². The molecule has 1 aromatic carbocycles. The summed E-state index contributed by atoms with van der Waals surface area (Å²) in [6, 6.07) is 8.55. The number of aliphatic imine (C=N–C) groups is 1. The molecule has 1 unspecified atom stereocenters. The summed E-state index contributed by atoms with van der Waals surface area (Å²) in [5, 5.41) is 6.81. The first-order valence-electron chi connectivity index (χ1n) is 9.20. The van der Waals surface area contributed by atoms with Crippen LogP contribution in [0.25, 0.3) is 0 Å². The number of guanidine groups is 1. The number of piperazine rings is 1. The predicted octanol–water partition coefficient (Wildman–Crippen LogP) is 2.00. The van der Waals surface area contributed by atoms with Gasteiger partial charge in [0.25, 0.3) is 0 Å². The molecule has 6 nitrogen and oxygen atoms in total. The standard InChI is InChI=1S/C19H33N5O.HI/c1-5-20-19(22-15-17-7-6-8-18(13-17)25-4)21-14-16(2)24-11-9-23(3)10-12-24;/h6-8,13,16H,5,9-12,14-15H2,1-4H3,(H2,20,21,22);1H. The van der Waals surface area contributed by atoms with E-state index in [-0.39, 0.29) is 24.0 Å². The first kappa shape index (κ1) is 23.0. The molecule has 1 saturated heterocycles. The molecule has 0 spiro atoms. The number of likely N-dealkylation sites (N-methyl/N-ethyl adjacent to an activating group) is 1. The summed E-state index contributed by atoms with van der Waals surface area (Å²) in [7, 11) is 3.88. The summed E-state index contributed by atoms with van der Waals surface area (Å²) >= 11 is 0. The molecule has 0 radical (unpaired) electrons. The summed E-state index contributed by atoms with van der Waals surface area (Å²) in [6.45, 7) is 11.3. The van der Waals surface area contributed by atoms with Crippen LogP contribution in [0.5, 0.6) is 5.75 Å². The van der Waals surface area contributed by atoms with Crippen molar-refractivity contribution in [3.8, 4) is 5.75 Å². The van der Waals surface area contributed by atoms with E-state index < -0.39 is 0 Å². The van der Waals surface area contributed by atoms with E-state index in [2.05, 4.69) is 47.4 Å². The largest absolute Gasteiger partial charge is 0.497 e. The molecule has 7 heteroatoms. The highest BCUT2D eigenvalue weighted by Crippen LogP contribution is 2.13. The molecule has 0 saturated carbocycles. The van der Waals surface area contributed by atoms with Crippen molar-refractivity contribution in [1.82, 2.24) is 20.4 Å². The van der Waals surface area contributed by atoms with Crippen molar-refractivity contribution in [2.24, 2.45) is 4.99 Å². The third-order valence-corrected chi connectivity index (χ3v) is 4.62. The average molecular weight is 475 g/mol. The van der Waals surface area contributed by atoms with E-state index in [4.69, 9.17) is 9.73 Å². The number of halogens is 1. The monoisotopic (exact) mass is 475 g/mol. The van der Waals surface area contributed by atoms with E-state index in [0.29, 0.717) is 12.6 Å². The molecule has 1 fully saturated rings. The lowest BCUT2D eigenvalue weighted by Crippen LogP contribution is -2.52. The normalized spacial score (nSPS) is 17.3. The Kier molecular flexibility index (Phi) is 10.9. The second kappa shape index (κ2) is 12.3. The minimum atomic E-state index is 0. The van der Waals surface area contributed by atoms with Gasteiger partial charge in [-0.15, -0.1) is 24.0 Å². The zero-order valence-corrected chi connectivity index (χ0v) is 18.8. The summed E-state index contributed by atoms with van der Waals surface area (Å²) in [4.78, 5) is 9.63. The topological polar surface area (TPSA) is 52.1 Å². The maximum atomic E-state index is 5.27. The SMILES string of the molecule is CCNC(=NCc1cccc(OC)c1)NCC(C)N1CCN(C)CC1.I. The van der Waals surface area contributed by atoms with Gasteiger partial charge in [0, 0.05) is 45.3 Å². The number of hydrogen-bond donors (Lipinski definition) is 2. The minimum absolute atomic E-state index is 0. The van der Waals surface area contributed by atoms with Gasteiger partial charge < -0.3 is 20.3 Å². The maximum Gasteiger partial charge on any atom is 0.191 e. The van der Waals surface area contributed by atoms with E-state index in [1.165, 1.54) is 0 Å². The van der Waals surface area contributed by atoms with Gasteiger partial charge in [0.05, 0.1) is 13.7 Å². The molecule has 1 atom stereocenters. The van der Waals surface area contributed by atoms with Crippen molar-refractivity contribution in [2.75, 3.05) is 53.4 Å². The van der Waals surface area contributed by atoms with Crippen LogP contribution < -0.4 is 15.4 Å². The van der Waals surface area contributed by atoms with Gasteiger partial charge in [0.15, 0.2) is 5.96 Å². The Morgan fingerprint density at radius 2 is 1.96 bits per heavy atom. The maximum absolute atomic E-state index is 5.27. The first-order chi connectivity index (χ1) is 12.1. The molecule has 1 aliphatic rings. The van der Waals surface area contributed by atoms with Crippen LogP contribution in [-0.2, 0) is 6.54 Å². The summed E-state index contributed by atoms with van der Waals surface area (Å²) in [5.41, 5.74) is 1.14. The fraction of sp³-hybridized carbons (Fsp3) is 0.632. The molecule has 0 aliphatic carbocycles. The number of methoxy groups -OCH3 is 1. The van der Waals surface area contributed by atoms with Gasteiger partial charge in [-0.05, 0) is 38.6 Å². The van der Waals surface area contributed by atoms with Crippen LogP contribution in [0, 0.1) is 0 Å². The van der Waals surface area contributed by atoms with E-state index in [9.17, 15) is 0 Å². The van der Waals surface area contributed by atoms with Crippen LogP contribution in [0.1, 0.15) is 19.4 Å². The van der Waals surface area contributed by atoms with Crippen molar-refractivity contribution < 1.29 is 4.74 Å². The second-order valence-corrected chi connectivity index (χ2v) is 6.62. The van der Waals surface area contributed by atoms with Gasteiger partial charge in [0.2, 0.25) is 0 Å². The highest BCUT2D eigenvalue weighted by Gasteiger charge is 2.18. The van der Waals surface area contributed by atoms with E-state index in [1.807, 2.05) is 18.2 Å². The molecular formula is C19H34IN5O. The van der Waals surface area contributed by atoms with Gasteiger partial charge in [0.1, 0.15) is 5.75 Å². The van der Waals surface area contributed by atoms with E-state index in [1.54, 1.807) is 7.11 Å². The zero-order chi connectivity index (χ0) is 18.1. The molecule has 0 aromatic heterocycles. The Bertz CT molecular complexity index is 546. The molecule has 26 heavy (non-hydrogen) atoms. The molecular weight excluding hydrogens is 441 g/mol. The molecule has 1 heterocycles.